The minimum atomic E-state index is -3.69. The Labute approximate surface area is 266 Å². The molecular weight excluding hydrogens is 590 g/mol. The molecule has 1 saturated heterocycles. The molecular formula is C34H45N5O5S. The van der Waals surface area contributed by atoms with E-state index in [-0.39, 0.29) is 22.9 Å². The number of piperidine rings is 1. The summed E-state index contributed by atoms with van der Waals surface area (Å²) < 4.78 is 25.9. The molecule has 0 aliphatic carbocycles. The van der Waals surface area contributed by atoms with Gasteiger partial charge in [-0.1, -0.05) is 60.7 Å². The van der Waals surface area contributed by atoms with Crippen LogP contribution in [-0.4, -0.2) is 77.0 Å². The van der Waals surface area contributed by atoms with Gasteiger partial charge in [0.25, 0.3) is 11.8 Å². The lowest BCUT2D eigenvalue weighted by atomic mass is 9.97. The van der Waals surface area contributed by atoms with E-state index in [1.165, 1.54) is 25.2 Å². The Morgan fingerprint density at radius 2 is 1.51 bits per heavy atom. The first-order valence-electron chi connectivity index (χ1n) is 15.4. The second kappa shape index (κ2) is 16.0. The Hall–Kier alpha value is -3.77. The van der Waals surface area contributed by atoms with Crippen LogP contribution in [0.1, 0.15) is 57.7 Å². The van der Waals surface area contributed by atoms with Crippen molar-refractivity contribution in [1.82, 2.24) is 21.3 Å². The summed E-state index contributed by atoms with van der Waals surface area (Å²) in [6.07, 6.45) is 2.69. The summed E-state index contributed by atoms with van der Waals surface area (Å²) in [7, 11) is -2.31. The molecule has 0 aromatic heterocycles. The number of hydrogen-bond acceptors (Lipinski definition) is 7. The molecule has 1 aliphatic rings. The van der Waals surface area contributed by atoms with Crippen molar-refractivity contribution in [3.8, 4) is 0 Å². The monoisotopic (exact) mass is 635 g/mol. The molecule has 2 amide bonds. The summed E-state index contributed by atoms with van der Waals surface area (Å²) in [5, 5.41) is 23.9. The molecule has 3 aromatic rings. The van der Waals surface area contributed by atoms with Gasteiger partial charge in [-0.05, 0) is 81.1 Å². The fraction of sp³-hybridized carbons (Fsp3) is 0.412. The number of rotatable bonds is 14. The third-order valence-electron chi connectivity index (χ3n) is 8.28. The van der Waals surface area contributed by atoms with Crippen LogP contribution in [-0.2, 0) is 16.4 Å². The van der Waals surface area contributed by atoms with Gasteiger partial charge in [0.1, 0.15) is 0 Å². The van der Waals surface area contributed by atoms with E-state index in [2.05, 4.69) is 21.3 Å². The summed E-state index contributed by atoms with van der Waals surface area (Å²) >= 11 is 0. The van der Waals surface area contributed by atoms with Gasteiger partial charge < -0.3 is 26.4 Å². The summed E-state index contributed by atoms with van der Waals surface area (Å²) in [5.74, 6) is -0.446. The van der Waals surface area contributed by atoms with Crippen molar-refractivity contribution < 1.29 is 23.1 Å². The number of nitrogens with one attached hydrogen (secondary N) is 4. The van der Waals surface area contributed by atoms with Crippen molar-refractivity contribution in [2.45, 2.75) is 44.4 Å². The molecule has 3 atom stereocenters. The Kier molecular flexibility index (Phi) is 12.1. The average molecular weight is 636 g/mol. The van der Waals surface area contributed by atoms with E-state index in [0.29, 0.717) is 18.9 Å². The first kappa shape index (κ1) is 34.1. The molecule has 3 unspecified atom stereocenters. The molecule has 1 fully saturated rings. The first-order chi connectivity index (χ1) is 21.5. The fourth-order valence-electron chi connectivity index (χ4n) is 5.42. The number of anilines is 1. The quantitative estimate of drug-likeness (QED) is 0.184. The number of benzene rings is 3. The Morgan fingerprint density at radius 1 is 0.933 bits per heavy atom. The van der Waals surface area contributed by atoms with Gasteiger partial charge in [0.2, 0.25) is 10.0 Å². The van der Waals surface area contributed by atoms with E-state index < -0.39 is 34.0 Å². The SMILES string of the molecule is CC(NC(=O)c1cc(C(=O)NC(Cc2ccccc2)C(O)CNCC2CCNCC2)cc(N(C)S(C)(=O)=O)c1)c1ccccc1. The molecule has 0 radical (unpaired) electrons. The van der Waals surface area contributed by atoms with Crippen LogP contribution in [0.4, 0.5) is 5.69 Å². The van der Waals surface area contributed by atoms with Crippen LogP contribution in [0, 0.1) is 5.92 Å². The van der Waals surface area contributed by atoms with Gasteiger partial charge >= 0.3 is 0 Å². The fourth-order valence-corrected chi connectivity index (χ4v) is 5.91. The van der Waals surface area contributed by atoms with Gasteiger partial charge in [0.15, 0.2) is 0 Å². The predicted octanol–water partition coefficient (Wildman–Crippen LogP) is 2.86. The molecule has 0 spiro atoms. The lowest BCUT2D eigenvalue weighted by molar-refractivity contribution is 0.0827. The van der Waals surface area contributed by atoms with E-state index in [9.17, 15) is 23.1 Å². The van der Waals surface area contributed by atoms with E-state index in [1.54, 1.807) is 0 Å². The van der Waals surface area contributed by atoms with Crippen molar-refractivity contribution in [3.05, 3.63) is 101 Å². The molecule has 0 bridgehead atoms. The highest BCUT2D eigenvalue weighted by molar-refractivity contribution is 7.92. The van der Waals surface area contributed by atoms with Gasteiger partial charge in [-0.2, -0.15) is 0 Å². The Bertz CT molecular complexity index is 1510. The number of aliphatic hydroxyl groups excluding tert-OH is 1. The summed E-state index contributed by atoms with van der Waals surface area (Å²) in [6, 6.07) is 22.4. The van der Waals surface area contributed by atoms with Gasteiger partial charge in [-0.3, -0.25) is 13.9 Å². The molecule has 10 nitrogen and oxygen atoms in total. The molecule has 11 heteroatoms. The lowest BCUT2D eigenvalue weighted by Crippen LogP contribution is -2.49. The predicted molar refractivity (Wildman–Crippen MR) is 178 cm³/mol. The maximum absolute atomic E-state index is 13.8. The maximum atomic E-state index is 13.8. The maximum Gasteiger partial charge on any atom is 0.251 e. The van der Waals surface area contributed by atoms with E-state index >= 15 is 0 Å². The average Bonchev–Trinajstić information content (AvgIpc) is 3.04. The van der Waals surface area contributed by atoms with Crippen molar-refractivity contribution >= 4 is 27.5 Å². The molecule has 4 rings (SSSR count). The minimum absolute atomic E-state index is 0.105. The Balaban J connectivity index is 1.56. The topological polar surface area (TPSA) is 140 Å². The van der Waals surface area contributed by atoms with Gasteiger partial charge in [0, 0.05) is 24.7 Å². The molecule has 1 heterocycles. The zero-order valence-corrected chi connectivity index (χ0v) is 27.0. The van der Waals surface area contributed by atoms with Crippen molar-refractivity contribution in [1.29, 1.82) is 0 Å². The van der Waals surface area contributed by atoms with Gasteiger partial charge in [-0.15, -0.1) is 0 Å². The first-order valence-corrected chi connectivity index (χ1v) is 17.2. The van der Waals surface area contributed by atoms with Crippen LogP contribution >= 0.6 is 0 Å². The van der Waals surface area contributed by atoms with Crippen LogP contribution in [0.5, 0.6) is 0 Å². The van der Waals surface area contributed by atoms with Crippen LogP contribution in [0.3, 0.4) is 0 Å². The normalized spacial score (nSPS) is 15.9. The molecule has 5 N–H and O–H groups in total. The van der Waals surface area contributed by atoms with Crippen molar-refractivity contribution in [2.75, 3.05) is 43.8 Å². The number of hydrogen-bond donors (Lipinski definition) is 5. The molecule has 0 saturated carbocycles. The highest BCUT2D eigenvalue weighted by atomic mass is 32.2. The van der Waals surface area contributed by atoms with Crippen LogP contribution < -0.4 is 25.6 Å². The largest absolute Gasteiger partial charge is 0.390 e. The zero-order valence-electron chi connectivity index (χ0n) is 26.2. The number of carbonyl (C=O) groups is 2. The number of sulfonamides is 1. The lowest BCUT2D eigenvalue weighted by Gasteiger charge is -2.27. The number of carbonyl (C=O) groups excluding carboxylic acids is 2. The van der Waals surface area contributed by atoms with Crippen LogP contribution in [0.2, 0.25) is 0 Å². The third kappa shape index (κ3) is 10.1. The smallest absolute Gasteiger partial charge is 0.251 e. The van der Waals surface area contributed by atoms with Crippen LogP contribution in [0.25, 0.3) is 0 Å². The summed E-state index contributed by atoms with van der Waals surface area (Å²) in [5.41, 5.74) is 2.26. The highest BCUT2D eigenvalue weighted by Gasteiger charge is 2.25. The zero-order chi connectivity index (χ0) is 32.4. The van der Waals surface area contributed by atoms with E-state index in [0.717, 1.165) is 54.2 Å². The highest BCUT2D eigenvalue weighted by Crippen LogP contribution is 2.22. The van der Waals surface area contributed by atoms with Crippen molar-refractivity contribution in [3.63, 3.8) is 0 Å². The van der Waals surface area contributed by atoms with Gasteiger partial charge in [-0.25, -0.2) is 8.42 Å². The number of amides is 2. The van der Waals surface area contributed by atoms with Crippen molar-refractivity contribution in [2.24, 2.45) is 5.92 Å². The Morgan fingerprint density at radius 3 is 2.11 bits per heavy atom. The molecule has 3 aromatic carbocycles. The summed E-state index contributed by atoms with van der Waals surface area (Å²) in [4.78, 5) is 27.1. The standard InChI is InChI=1S/C34H45N5O5S/c1-24(27-12-8-5-9-13-27)37-33(41)28-19-29(21-30(20-28)39(2)45(3,43)44)34(42)38-31(18-25-10-6-4-7-11-25)32(40)23-36-22-26-14-16-35-17-15-26/h4-13,19-21,24,26,31-32,35-36,40H,14-18,22-23H2,1-3H3,(H,37,41)(H,38,42). The summed E-state index contributed by atoms with van der Waals surface area (Å²) in [6.45, 7) is 4.90. The third-order valence-corrected chi connectivity index (χ3v) is 9.48. The van der Waals surface area contributed by atoms with Crippen LogP contribution in [0.15, 0.2) is 78.9 Å². The van der Waals surface area contributed by atoms with E-state index in [4.69, 9.17) is 0 Å². The molecule has 1 aliphatic heterocycles. The van der Waals surface area contributed by atoms with Gasteiger partial charge in [0.05, 0.1) is 30.1 Å². The molecule has 45 heavy (non-hydrogen) atoms. The second-order valence-electron chi connectivity index (χ2n) is 11.8. The van der Waals surface area contributed by atoms with E-state index in [1.807, 2.05) is 67.6 Å². The minimum Gasteiger partial charge on any atom is -0.390 e. The number of nitrogens with zero attached hydrogens (tertiary/aromatic N) is 1. The molecule has 242 valence electrons. The number of aliphatic hydroxyl groups is 1. The second-order valence-corrected chi connectivity index (χ2v) is 13.8.